The molecule has 0 aliphatic rings. The van der Waals surface area contributed by atoms with Gasteiger partial charge in [0.25, 0.3) is 0 Å². The second-order valence-corrected chi connectivity index (χ2v) is 4.33. The summed E-state index contributed by atoms with van der Waals surface area (Å²) < 4.78 is 5.75. The second kappa shape index (κ2) is 5.92. The van der Waals surface area contributed by atoms with Crippen molar-refractivity contribution in [3.05, 3.63) is 54.1 Å². The maximum absolute atomic E-state index is 9.09. The monoisotopic (exact) mass is 252 g/mol. The highest BCUT2D eigenvalue weighted by Gasteiger charge is 2.08. The molecule has 0 aliphatic carbocycles. The van der Waals surface area contributed by atoms with Crippen molar-refractivity contribution in [1.82, 2.24) is 0 Å². The molecule has 0 fully saturated rings. The Morgan fingerprint density at radius 1 is 1.16 bits per heavy atom. The Hall–Kier alpha value is -2.47. The van der Waals surface area contributed by atoms with Crippen molar-refractivity contribution in [2.24, 2.45) is 0 Å². The molecule has 0 saturated carbocycles. The standard InChI is InChI=1S/C16H16N2O/c1-2-12(11-17)13-4-3-5-16(10-13)19-15-8-6-14(18)7-9-15/h3-10,12H,2,18H2,1H3. The van der Waals surface area contributed by atoms with E-state index in [-0.39, 0.29) is 5.92 Å². The van der Waals surface area contributed by atoms with Crippen molar-refractivity contribution in [3.63, 3.8) is 0 Å². The lowest BCUT2D eigenvalue weighted by atomic mass is 9.98. The van der Waals surface area contributed by atoms with Crippen molar-refractivity contribution in [3.8, 4) is 17.6 Å². The van der Waals surface area contributed by atoms with Gasteiger partial charge in [0.15, 0.2) is 0 Å². The predicted octanol–water partition coefficient (Wildman–Crippen LogP) is 4.08. The lowest BCUT2D eigenvalue weighted by Crippen LogP contribution is -1.94. The van der Waals surface area contributed by atoms with Gasteiger partial charge in [-0.05, 0) is 48.4 Å². The summed E-state index contributed by atoms with van der Waals surface area (Å²) in [4.78, 5) is 0. The van der Waals surface area contributed by atoms with Crippen molar-refractivity contribution in [2.75, 3.05) is 5.73 Å². The SMILES string of the molecule is CCC(C#N)c1cccc(Oc2ccc(N)cc2)c1. The van der Waals surface area contributed by atoms with Crippen LogP contribution < -0.4 is 10.5 Å². The van der Waals surface area contributed by atoms with Gasteiger partial charge < -0.3 is 10.5 Å². The van der Waals surface area contributed by atoms with Crippen LogP contribution in [-0.4, -0.2) is 0 Å². The van der Waals surface area contributed by atoms with Gasteiger partial charge in [0.05, 0.1) is 12.0 Å². The highest BCUT2D eigenvalue weighted by Crippen LogP contribution is 2.26. The summed E-state index contributed by atoms with van der Waals surface area (Å²) in [7, 11) is 0. The molecule has 3 heteroatoms. The Kier molecular flexibility index (Phi) is 4.04. The fraction of sp³-hybridized carbons (Fsp3) is 0.188. The van der Waals surface area contributed by atoms with Crippen LogP contribution in [0.25, 0.3) is 0 Å². The van der Waals surface area contributed by atoms with E-state index in [1.165, 1.54) is 0 Å². The van der Waals surface area contributed by atoms with Crippen molar-refractivity contribution < 1.29 is 4.74 Å². The number of hydrogen-bond donors (Lipinski definition) is 1. The predicted molar refractivity (Wildman–Crippen MR) is 76.0 cm³/mol. The van der Waals surface area contributed by atoms with Gasteiger partial charge in [-0.3, -0.25) is 0 Å². The number of benzene rings is 2. The molecule has 2 N–H and O–H groups in total. The Bertz CT molecular complexity index is 584. The van der Waals surface area contributed by atoms with Gasteiger partial charge in [0.2, 0.25) is 0 Å². The summed E-state index contributed by atoms with van der Waals surface area (Å²) in [6.07, 6.45) is 0.793. The first-order chi connectivity index (χ1) is 9.22. The number of nitrogens with two attached hydrogens (primary N) is 1. The summed E-state index contributed by atoms with van der Waals surface area (Å²) in [5.41, 5.74) is 7.32. The van der Waals surface area contributed by atoms with Gasteiger partial charge in [0.1, 0.15) is 11.5 Å². The number of ether oxygens (including phenoxy) is 1. The van der Waals surface area contributed by atoms with Gasteiger partial charge in [0, 0.05) is 5.69 Å². The van der Waals surface area contributed by atoms with Crippen LogP contribution in [-0.2, 0) is 0 Å². The van der Waals surface area contributed by atoms with E-state index in [2.05, 4.69) is 6.07 Å². The molecule has 2 aromatic carbocycles. The van der Waals surface area contributed by atoms with Gasteiger partial charge in [-0.15, -0.1) is 0 Å². The maximum Gasteiger partial charge on any atom is 0.127 e. The maximum atomic E-state index is 9.09. The second-order valence-electron chi connectivity index (χ2n) is 4.33. The summed E-state index contributed by atoms with van der Waals surface area (Å²) in [5, 5.41) is 9.09. The van der Waals surface area contributed by atoms with Gasteiger partial charge >= 0.3 is 0 Å². The Labute approximate surface area is 113 Å². The molecule has 0 radical (unpaired) electrons. The Morgan fingerprint density at radius 2 is 1.89 bits per heavy atom. The first-order valence-corrected chi connectivity index (χ1v) is 6.26. The van der Waals surface area contributed by atoms with Crippen LogP contribution in [0.3, 0.4) is 0 Å². The number of nitriles is 1. The molecule has 0 heterocycles. The molecular weight excluding hydrogens is 236 g/mol. The van der Waals surface area contributed by atoms with E-state index in [9.17, 15) is 0 Å². The van der Waals surface area contributed by atoms with Crippen LogP contribution in [0.15, 0.2) is 48.5 Å². The quantitative estimate of drug-likeness (QED) is 0.834. The third-order valence-electron chi connectivity index (χ3n) is 2.94. The van der Waals surface area contributed by atoms with E-state index in [1.54, 1.807) is 12.1 Å². The minimum absolute atomic E-state index is 0.0880. The average Bonchev–Trinajstić information content (AvgIpc) is 2.43. The normalized spacial score (nSPS) is 11.6. The minimum atomic E-state index is -0.0880. The van der Waals surface area contributed by atoms with E-state index in [0.29, 0.717) is 5.69 Å². The molecule has 1 unspecified atom stereocenters. The number of rotatable bonds is 4. The van der Waals surface area contributed by atoms with E-state index < -0.39 is 0 Å². The molecule has 0 bridgehead atoms. The van der Waals surface area contributed by atoms with E-state index in [0.717, 1.165) is 23.5 Å². The number of nitrogens with zero attached hydrogens (tertiary/aromatic N) is 1. The van der Waals surface area contributed by atoms with Crippen LogP contribution in [0.1, 0.15) is 24.8 Å². The zero-order valence-electron chi connectivity index (χ0n) is 10.8. The molecule has 0 saturated heterocycles. The minimum Gasteiger partial charge on any atom is -0.457 e. The van der Waals surface area contributed by atoms with Crippen LogP contribution in [0.5, 0.6) is 11.5 Å². The molecule has 0 aromatic heterocycles. The summed E-state index contributed by atoms with van der Waals surface area (Å²) >= 11 is 0. The van der Waals surface area contributed by atoms with Crippen molar-refractivity contribution >= 4 is 5.69 Å². The van der Waals surface area contributed by atoms with Crippen LogP contribution >= 0.6 is 0 Å². The summed E-state index contributed by atoms with van der Waals surface area (Å²) in [6.45, 7) is 2.00. The van der Waals surface area contributed by atoms with E-state index in [1.807, 2.05) is 43.3 Å². The topological polar surface area (TPSA) is 59.0 Å². The van der Waals surface area contributed by atoms with Gasteiger partial charge in [-0.25, -0.2) is 0 Å². The van der Waals surface area contributed by atoms with E-state index in [4.69, 9.17) is 15.7 Å². The molecule has 2 rings (SSSR count). The highest BCUT2D eigenvalue weighted by atomic mass is 16.5. The van der Waals surface area contributed by atoms with Crippen LogP contribution in [0.2, 0.25) is 0 Å². The number of hydrogen-bond acceptors (Lipinski definition) is 3. The molecular formula is C16H16N2O. The zero-order chi connectivity index (χ0) is 13.7. The first-order valence-electron chi connectivity index (χ1n) is 6.26. The smallest absolute Gasteiger partial charge is 0.127 e. The Morgan fingerprint density at radius 3 is 2.53 bits per heavy atom. The third-order valence-corrected chi connectivity index (χ3v) is 2.94. The van der Waals surface area contributed by atoms with Gasteiger partial charge in [-0.1, -0.05) is 19.1 Å². The molecule has 0 amide bonds. The zero-order valence-corrected chi connectivity index (χ0v) is 10.8. The van der Waals surface area contributed by atoms with Crippen LogP contribution in [0, 0.1) is 11.3 Å². The third kappa shape index (κ3) is 3.26. The lowest BCUT2D eigenvalue weighted by Gasteiger charge is -2.10. The Balaban J connectivity index is 2.20. The molecule has 2 aromatic rings. The van der Waals surface area contributed by atoms with Crippen molar-refractivity contribution in [1.29, 1.82) is 5.26 Å². The fourth-order valence-corrected chi connectivity index (χ4v) is 1.87. The van der Waals surface area contributed by atoms with Crippen LogP contribution in [0.4, 0.5) is 5.69 Å². The largest absolute Gasteiger partial charge is 0.457 e. The molecule has 3 nitrogen and oxygen atoms in total. The fourth-order valence-electron chi connectivity index (χ4n) is 1.87. The number of anilines is 1. The molecule has 1 atom stereocenters. The molecule has 96 valence electrons. The molecule has 0 spiro atoms. The number of nitrogen functional groups attached to an aromatic ring is 1. The summed E-state index contributed by atoms with van der Waals surface area (Å²) in [5.74, 6) is 1.38. The lowest BCUT2D eigenvalue weighted by molar-refractivity contribution is 0.481. The highest BCUT2D eigenvalue weighted by molar-refractivity contribution is 5.43. The van der Waals surface area contributed by atoms with Gasteiger partial charge in [-0.2, -0.15) is 5.26 Å². The van der Waals surface area contributed by atoms with Crippen molar-refractivity contribution in [2.45, 2.75) is 19.3 Å². The molecule has 0 aliphatic heterocycles. The van der Waals surface area contributed by atoms with E-state index >= 15 is 0 Å². The summed E-state index contributed by atoms with van der Waals surface area (Å²) in [6, 6.07) is 17.2. The first kappa shape index (κ1) is 13.0. The molecule has 19 heavy (non-hydrogen) atoms. The average molecular weight is 252 g/mol.